The fraction of sp³-hybridized carbons (Fsp3) is 0.167. The van der Waals surface area contributed by atoms with E-state index in [1.807, 2.05) is 30.3 Å². The van der Waals surface area contributed by atoms with Crippen molar-refractivity contribution in [2.45, 2.75) is 6.04 Å². The summed E-state index contributed by atoms with van der Waals surface area (Å²) >= 11 is 0. The van der Waals surface area contributed by atoms with E-state index < -0.39 is 5.82 Å². The Balaban J connectivity index is 2.13. The van der Waals surface area contributed by atoms with Crippen LogP contribution < -0.4 is 5.32 Å². The lowest BCUT2D eigenvalue weighted by molar-refractivity contribution is 0.276. The first-order chi connectivity index (χ1) is 8.29. The summed E-state index contributed by atoms with van der Waals surface area (Å²) in [4.78, 5) is 7.57. The van der Waals surface area contributed by atoms with E-state index in [1.165, 1.54) is 0 Å². The summed E-state index contributed by atoms with van der Waals surface area (Å²) in [6.07, 6.45) is 2.16. The summed E-state index contributed by atoms with van der Waals surface area (Å²) in [5, 5.41) is 12.2. The lowest BCUT2D eigenvalue weighted by atomic mass is 10.1. The molecule has 1 unspecified atom stereocenters. The van der Waals surface area contributed by atoms with Gasteiger partial charge in [-0.2, -0.15) is 0 Å². The molecule has 2 rings (SSSR count). The van der Waals surface area contributed by atoms with Gasteiger partial charge in [0.25, 0.3) is 0 Å². The molecule has 1 aromatic carbocycles. The highest BCUT2D eigenvalue weighted by atomic mass is 19.1. The molecule has 17 heavy (non-hydrogen) atoms. The average molecular weight is 233 g/mol. The van der Waals surface area contributed by atoms with Crippen molar-refractivity contribution in [1.82, 2.24) is 9.97 Å². The monoisotopic (exact) mass is 233 g/mol. The van der Waals surface area contributed by atoms with Crippen LogP contribution in [0.2, 0.25) is 0 Å². The van der Waals surface area contributed by atoms with Crippen LogP contribution in [0.5, 0.6) is 0 Å². The van der Waals surface area contributed by atoms with Gasteiger partial charge in [-0.15, -0.1) is 0 Å². The molecule has 0 aliphatic heterocycles. The minimum atomic E-state index is -0.490. The Hall–Kier alpha value is -2.01. The van der Waals surface area contributed by atoms with Crippen molar-refractivity contribution in [2.24, 2.45) is 0 Å². The minimum absolute atomic E-state index is 0.0925. The van der Waals surface area contributed by atoms with Crippen LogP contribution in [0.4, 0.5) is 10.3 Å². The molecule has 5 heteroatoms. The third-order valence-corrected chi connectivity index (χ3v) is 2.31. The van der Waals surface area contributed by atoms with Crippen molar-refractivity contribution in [3.63, 3.8) is 0 Å². The average Bonchev–Trinajstić information content (AvgIpc) is 2.39. The number of aliphatic hydroxyl groups is 1. The summed E-state index contributed by atoms with van der Waals surface area (Å²) in [7, 11) is 0. The van der Waals surface area contributed by atoms with E-state index >= 15 is 0 Å². The number of rotatable bonds is 4. The molecule has 2 aromatic rings. The molecule has 1 aromatic heterocycles. The molecule has 0 aliphatic carbocycles. The first kappa shape index (κ1) is 11.5. The number of hydrogen-bond acceptors (Lipinski definition) is 4. The van der Waals surface area contributed by atoms with Gasteiger partial charge in [-0.3, -0.25) is 0 Å². The van der Waals surface area contributed by atoms with Crippen LogP contribution in [0.15, 0.2) is 42.7 Å². The lowest BCUT2D eigenvalue weighted by Gasteiger charge is -2.16. The second-order valence-electron chi connectivity index (χ2n) is 3.52. The smallest absolute Gasteiger partial charge is 0.223 e. The molecular formula is C12H12FN3O. The van der Waals surface area contributed by atoms with E-state index in [0.29, 0.717) is 0 Å². The number of halogens is 1. The molecule has 0 aliphatic rings. The van der Waals surface area contributed by atoms with Crippen molar-refractivity contribution in [1.29, 1.82) is 0 Å². The van der Waals surface area contributed by atoms with Gasteiger partial charge in [0.2, 0.25) is 5.95 Å². The second-order valence-corrected chi connectivity index (χ2v) is 3.52. The van der Waals surface area contributed by atoms with E-state index in [-0.39, 0.29) is 18.6 Å². The molecule has 0 bridgehead atoms. The number of aromatic nitrogens is 2. The van der Waals surface area contributed by atoms with Crippen molar-refractivity contribution < 1.29 is 9.50 Å². The van der Waals surface area contributed by atoms with Gasteiger partial charge in [-0.25, -0.2) is 14.4 Å². The Morgan fingerprint density at radius 3 is 2.41 bits per heavy atom. The second kappa shape index (κ2) is 5.36. The Morgan fingerprint density at radius 1 is 1.18 bits per heavy atom. The molecule has 0 saturated heterocycles. The maximum absolute atomic E-state index is 12.6. The summed E-state index contributed by atoms with van der Waals surface area (Å²) in [5.41, 5.74) is 0.919. The zero-order chi connectivity index (χ0) is 12.1. The third kappa shape index (κ3) is 2.98. The van der Waals surface area contributed by atoms with Crippen LogP contribution in [-0.2, 0) is 0 Å². The number of hydrogen-bond donors (Lipinski definition) is 2. The first-order valence-corrected chi connectivity index (χ1v) is 5.19. The Morgan fingerprint density at radius 2 is 1.82 bits per heavy atom. The van der Waals surface area contributed by atoms with E-state index in [4.69, 9.17) is 0 Å². The zero-order valence-electron chi connectivity index (χ0n) is 9.05. The van der Waals surface area contributed by atoms with Crippen molar-refractivity contribution in [2.75, 3.05) is 11.9 Å². The van der Waals surface area contributed by atoms with Gasteiger partial charge < -0.3 is 10.4 Å². The number of aliphatic hydroxyl groups excluding tert-OH is 1. The molecule has 0 radical (unpaired) electrons. The summed E-state index contributed by atoms with van der Waals surface area (Å²) in [6.45, 7) is -0.0925. The molecule has 0 fully saturated rings. The van der Waals surface area contributed by atoms with Crippen molar-refractivity contribution in [3.05, 3.63) is 54.1 Å². The minimum Gasteiger partial charge on any atom is -0.394 e. The molecular weight excluding hydrogens is 221 g/mol. The molecule has 0 spiro atoms. The van der Waals surface area contributed by atoms with Crippen LogP contribution in [0.3, 0.4) is 0 Å². The number of benzene rings is 1. The van der Waals surface area contributed by atoms with Crippen LogP contribution in [0.1, 0.15) is 11.6 Å². The Kier molecular flexibility index (Phi) is 3.62. The highest BCUT2D eigenvalue weighted by Crippen LogP contribution is 2.16. The zero-order valence-corrected chi connectivity index (χ0v) is 9.05. The van der Waals surface area contributed by atoms with Crippen LogP contribution in [-0.4, -0.2) is 21.7 Å². The Bertz CT molecular complexity index is 461. The van der Waals surface area contributed by atoms with Gasteiger partial charge in [0.05, 0.1) is 25.0 Å². The van der Waals surface area contributed by atoms with Gasteiger partial charge in [0.15, 0.2) is 5.82 Å². The quantitative estimate of drug-likeness (QED) is 0.844. The molecule has 88 valence electrons. The van der Waals surface area contributed by atoms with Crippen molar-refractivity contribution >= 4 is 5.95 Å². The van der Waals surface area contributed by atoms with E-state index in [2.05, 4.69) is 15.3 Å². The maximum atomic E-state index is 12.6. The lowest BCUT2D eigenvalue weighted by Crippen LogP contribution is -2.16. The summed E-state index contributed by atoms with van der Waals surface area (Å²) in [5.74, 6) is -0.204. The highest BCUT2D eigenvalue weighted by Gasteiger charge is 2.10. The van der Waals surface area contributed by atoms with E-state index in [0.717, 1.165) is 18.0 Å². The van der Waals surface area contributed by atoms with Crippen LogP contribution in [0.25, 0.3) is 0 Å². The van der Waals surface area contributed by atoms with Gasteiger partial charge in [-0.05, 0) is 5.56 Å². The molecule has 0 amide bonds. The Labute approximate surface area is 98.2 Å². The molecule has 1 heterocycles. The van der Waals surface area contributed by atoms with Gasteiger partial charge in [-0.1, -0.05) is 30.3 Å². The normalized spacial score (nSPS) is 12.1. The fourth-order valence-electron chi connectivity index (χ4n) is 1.46. The van der Waals surface area contributed by atoms with Gasteiger partial charge in [0, 0.05) is 0 Å². The first-order valence-electron chi connectivity index (χ1n) is 5.19. The van der Waals surface area contributed by atoms with Gasteiger partial charge in [0.1, 0.15) is 0 Å². The fourth-order valence-corrected chi connectivity index (χ4v) is 1.46. The summed E-state index contributed by atoms with van der Waals surface area (Å²) in [6, 6.07) is 9.12. The molecule has 1 atom stereocenters. The van der Waals surface area contributed by atoms with E-state index in [9.17, 15) is 9.50 Å². The predicted octanol–water partition coefficient (Wildman–Crippen LogP) is 1.76. The number of nitrogens with zero attached hydrogens (tertiary/aromatic N) is 2. The molecule has 2 N–H and O–H groups in total. The molecule has 4 nitrogen and oxygen atoms in total. The molecule has 0 saturated carbocycles. The van der Waals surface area contributed by atoms with Gasteiger partial charge >= 0.3 is 0 Å². The summed E-state index contributed by atoms with van der Waals surface area (Å²) < 4.78 is 12.6. The topological polar surface area (TPSA) is 58.0 Å². The van der Waals surface area contributed by atoms with E-state index in [1.54, 1.807) is 0 Å². The predicted molar refractivity (Wildman–Crippen MR) is 61.9 cm³/mol. The highest BCUT2D eigenvalue weighted by molar-refractivity contribution is 5.31. The standard InChI is InChI=1S/C12H12FN3O/c13-10-6-14-12(15-7-10)16-11(8-17)9-4-2-1-3-5-9/h1-7,11,17H,8H2,(H,14,15,16). The number of nitrogens with one attached hydrogen (secondary N) is 1. The van der Waals surface area contributed by atoms with Crippen molar-refractivity contribution in [3.8, 4) is 0 Å². The van der Waals surface area contributed by atoms with Crippen LogP contribution >= 0.6 is 0 Å². The SMILES string of the molecule is OCC(Nc1ncc(F)cn1)c1ccccc1. The van der Waals surface area contributed by atoms with Crippen LogP contribution in [0, 0.1) is 5.82 Å². The maximum Gasteiger partial charge on any atom is 0.223 e. The third-order valence-electron chi connectivity index (χ3n) is 2.31. The largest absolute Gasteiger partial charge is 0.394 e. The number of anilines is 1.